The lowest BCUT2D eigenvalue weighted by Crippen LogP contribution is -2.19. The fourth-order valence-corrected chi connectivity index (χ4v) is 3.94. The van der Waals surface area contributed by atoms with Crippen molar-refractivity contribution in [2.24, 2.45) is 11.8 Å². The van der Waals surface area contributed by atoms with Gasteiger partial charge in [-0.25, -0.2) is 0 Å². The Kier molecular flexibility index (Phi) is 3.04. The highest BCUT2D eigenvalue weighted by Gasteiger charge is 2.42. The van der Waals surface area contributed by atoms with Gasteiger partial charge in [0.2, 0.25) is 5.89 Å². The van der Waals surface area contributed by atoms with Crippen molar-refractivity contribution in [1.82, 2.24) is 15.5 Å². The molecule has 5 nitrogen and oxygen atoms in total. The first-order valence-corrected chi connectivity index (χ1v) is 7.56. The van der Waals surface area contributed by atoms with Crippen molar-refractivity contribution in [2.75, 3.05) is 19.8 Å². The van der Waals surface area contributed by atoms with E-state index in [-0.39, 0.29) is 0 Å². The maximum atomic E-state index is 5.53. The van der Waals surface area contributed by atoms with Crippen LogP contribution in [0, 0.1) is 11.8 Å². The Morgan fingerprint density at radius 3 is 3.05 bits per heavy atom. The summed E-state index contributed by atoms with van der Waals surface area (Å²) in [4.78, 5) is 4.66. The highest BCUT2D eigenvalue weighted by atomic mass is 16.5. The van der Waals surface area contributed by atoms with Crippen LogP contribution in [0.25, 0.3) is 0 Å². The summed E-state index contributed by atoms with van der Waals surface area (Å²) in [5.74, 6) is 3.49. The lowest BCUT2D eigenvalue weighted by atomic mass is 9.94. The van der Waals surface area contributed by atoms with Gasteiger partial charge in [0.1, 0.15) is 0 Å². The number of nitrogens with one attached hydrogen (secondary N) is 1. The molecule has 1 aliphatic carbocycles. The Morgan fingerprint density at radius 2 is 2.16 bits per heavy atom. The summed E-state index contributed by atoms with van der Waals surface area (Å²) in [6, 6.07) is 0.290. The van der Waals surface area contributed by atoms with E-state index in [1.54, 1.807) is 0 Å². The van der Waals surface area contributed by atoms with Gasteiger partial charge in [0, 0.05) is 12.5 Å². The third kappa shape index (κ3) is 2.09. The summed E-state index contributed by atoms with van der Waals surface area (Å²) < 4.78 is 11.0. The van der Waals surface area contributed by atoms with E-state index in [2.05, 4.69) is 15.5 Å². The second-order valence-electron chi connectivity index (χ2n) is 6.15. The van der Waals surface area contributed by atoms with Gasteiger partial charge in [-0.2, -0.15) is 4.98 Å². The molecular weight excluding hydrogens is 242 g/mol. The molecule has 3 heterocycles. The lowest BCUT2D eigenvalue weighted by Gasteiger charge is -2.18. The second-order valence-corrected chi connectivity index (χ2v) is 6.15. The van der Waals surface area contributed by atoms with Crippen LogP contribution in [0.2, 0.25) is 0 Å². The van der Waals surface area contributed by atoms with Gasteiger partial charge in [-0.1, -0.05) is 11.6 Å². The molecule has 0 bridgehead atoms. The van der Waals surface area contributed by atoms with Crippen molar-refractivity contribution < 1.29 is 9.26 Å². The van der Waals surface area contributed by atoms with Gasteiger partial charge < -0.3 is 14.6 Å². The third-order valence-corrected chi connectivity index (χ3v) is 4.99. The van der Waals surface area contributed by atoms with E-state index in [0.717, 1.165) is 50.2 Å². The first-order chi connectivity index (χ1) is 9.42. The Balaban J connectivity index is 1.51. The van der Waals surface area contributed by atoms with Crippen LogP contribution >= 0.6 is 0 Å². The van der Waals surface area contributed by atoms with E-state index in [1.165, 1.54) is 19.3 Å². The molecule has 4 rings (SSSR count). The predicted molar refractivity (Wildman–Crippen MR) is 68.7 cm³/mol. The van der Waals surface area contributed by atoms with E-state index in [1.807, 2.05) is 0 Å². The molecule has 4 unspecified atom stereocenters. The SMILES string of the molecule is C1COCC(c2noc(C3NCC4CCCC43)n2)C1. The first kappa shape index (κ1) is 11.9. The van der Waals surface area contributed by atoms with Crippen LogP contribution in [0.4, 0.5) is 0 Å². The summed E-state index contributed by atoms with van der Waals surface area (Å²) in [6.07, 6.45) is 6.22. The van der Waals surface area contributed by atoms with Gasteiger partial charge in [0.15, 0.2) is 5.82 Å². The van der Waals surface area contributed by atoms with Crippen LogP contribution in [-0.4, -0.2) is 29.9 Å². The zero-order valence-electron chi connectivity index (χ0n) is 11.2. The van der Waals surface area contributed by atoms with Crippen molar-refractivity contribution in [1.29, 1.82) is 0 Å². The zero-order chi connectivity index (χ0) is 12.7. The molecule has 5 heteroatoms. The molecule has 3 fully saturated rings. The number of aromatic nitrogens is 2. The van der Waals surface area contributed by atoms with E-state index in [4.69, 9.17) is 9.26 Å². The van der Waals surface area contributed by atoms with Gasteiger partial charge in [0.25, 0.3) is 0 Å². The molecule has 0 radical (unpaired) electrons. The van der Waals surface area contributed by atoms with Crippen LogP contribution in [0.15, 0.2) is 4.52 Å². The topological polar surface area (TPSA) is 60.2 Å². The van der Waals surface area contributed by atoms with Gasteiger partial charge in [-0.3, -0.25) is 0 Å². The molecule has 1 N–H and O–H groups in total. The number of nitrogens with zero attached hydrogens (tertiary/aromatic N) is 2. The monoisotopic (exact) mass is 263 g/mol. The number of rotatable bonds is 2. The van der Waals surface area contributed by atoms with Crippen LogP contribution in [-0.2, 0) is 4.74 Å². The lowest BCUT2D eigenvalue weighted by molar-refractivity contribution is 0.0773. The first-order valence-electron chi connectivity index (χ1n) is 7.56. The molecular formula is C14H21N3O2. The highest BCUT2D eigenvalue weighted by molar-refractivity contribution is 5.05. The number of hydrogen-bond donors (Lipinski definition) is 1. The van der Waals surface area contributed by atoms with E-state index in [0.29, 0.717) is 17.9 Å². The maximum absolute atomic E-state index is 5.53. The summed E-state index contributed by atoms with van der Waals surface area (Å²) in [6.45, 7) is 2.72. The highest BCUT2D eigenvalue weighted by Crippen LogP contribution is 2.44. The van der Waals surface area contributed by atoms with Crippen molar-refractivity contribution >= 4 is 0 Å². The van der Waals surface area contributed by atoms with Crippen LogP contribution in [0.3, 0.4) is 0 Å². The summed E-state index contributed by atoms with van der Waals surface area (Å²) >= 11 is 0. The molecule has 2 aliphatic heterocycles. The zero-order valence-corrected chi connectivity index (χ0v) is 11.2. The molecule has 1 aromatic heterocycles. The molecule has 2 saturated heterocycles. The Labute approximate surface area is 113 Å². The normalized spacial score (nSPS) is 38.5. The number of fused-ring (bicyclic) bond motifs is 1. The van der Waals surface area contributed by atoms with Gasteiger partial charge >= 0.3 is 0 Å². The van der Waals surface area contributed by atoms with Crippen LogP contribution in [0.1, 0.15) is 55.8 Å². The van der Waals surface area contributed by atoms with Crippen molar-refractivity contribution in [3.8, 4) is 0 Å². The van der Waals surface area contributed by atoms with E-state index in [9.17, 15) is 0 Å². The van der Waals surface area contributed by atoms with Gasteiger partial charge in [-0.05, 0) is 44.1 Å². The summed E-state index contributed by atoms with van der Waals surface area (Å²) in [7, 11) is 0. The maximum Gasteiger partial charge on any atom is 0.244 e. The Morgan fingerprint density at radius 1 is 1.16 bits per heavy atom. The fraction of sp³-hybridized carbons (Fsp3) is 0.857. The number of hydrogen-bond acceptors (Lipinski definition) is 5. The molecule has 0 amide bonds. The molecule has 0 spiro atoms. The van der Waals surface area contributed by atoms with E-state index < -0.39 is 0 Å². The van der Waals surface area contributed by atoms with Crippen molar-refractivity contribution in [3.63, 3.8) is 0 Å². The van der Waals surface area contributed by atoms with Crippen molar-refractivity contribution in [3.05, 3.63) is 11.7 Å². The van der Waals surface area contributed by atoms with Crippen molar-refractivity contribution in [2.45, 2.75) is 44.1 Å². The Hall–Kier alpha value is -0.940. The largest absolute Gasteiger partial charge is 0.381 e. The number of ether oxygens (including phenoxy) is 1. The molecule has 4 atom stereocenters. The summed E-state index contributed by atoms with van der Waals surface area (Å²) in [5.41, 5.74) is 0. The van der Waals surface area contributed by atoms with Gasteiger partial charge in [0.05, 0.1) is 12.6 Å². The fourth-order valence-electron chi connectivity index (χ4n) is 3.94. The molecule has 104 valence electrons. The van der Waals surface area contributed by atoms with Crippen LogP contribution < -0.4 is 5.32 Å². The summed E-state index contributed by atoms with van der Waals surface area (Å²) in [5, 5.41) is 7.76. The molecule has 1 aromatic rings. The second kappa shape index (κ2) is 4.87. The smallest absolute Gasteiger partial charge is 0.244 e. The third-order valence-electron chi connectivity index (χ3n) is 4.99. The molecule has 19 heavy (non-hydrogen) atoms. The average molecular weight is 263 g/mol. The standard InChI is InChI=1S/C14H21N3O2/c1-3-9-7-15-12(11(9)5-1)14-16-13(17-19-14)10-4-2-6-18-8-10/h9-12,15H,1-8H2. The quantitative estimate of drug-likeness (QED) is 0.884. The minimum atomic E-state index is 0.290. The van der Waals surface area contributed by atoms with E-state index >= 15 is 0 Å². The minimum absolute atomic E-state index is 0.290. The molecule has 1 saturated carbocycles. The average Bonchev–Trinajstić information content (AvgIpc) is 3.15. The van der Waals surface area contributed by atoms with Crippen LogP contribution in [0.5, 0.6) is 0 Å². The molecule has 3 aliphatic rings. The van der Waals surface area contributed by atoms with Gasteiger partial charge in [-0.15, -0.1) is 0 Å². The Bertz CT molecular complexity index is 442. The molecule has 0 aromatic carbocycles. The predicted octanol–water partition coefficient (Wildman–Crippen LogP) is 2.02. The minimum Gasteiger partial charge on any atom is -0.381 e.